The fraction of sp³-hybridized carbons (Fsp3) is 0.364. The molecule has 0 saturated heterocycles. The van der Waals surface area contributed by atoms with Crippen molar-refractivity contribution in [2.45, 2.75) is 13.0 Å². The predicted molar refractivity (Wildman–Crippen MR) is 65.1 cm³/mol. The molecule has 94 valence electrons. The number of ether oxygens (including phenoxy) is 1. The first-order chi connectivity index (χ1) is 7.59. The quantitative estimate of drug-likeness (QED) is 0.829. The number of hydrogen-bond acceptors (Lipinski definition) is 3. The Balaban J connectivity index is 0.00000144. The highest BCUT2D eigenvalue weighted by atomic mass is 35.5. The maximum absolute atomic E-state index is 13.0. The molecule has 1 amide bonds. The zero-order valence-electron chi connectivity index (χ0n) is 9.35. The second kappa shape index (κ2) is 5.33. The highest BCUT2D eigenvalue weighted by Crippen LogP contribution is 2.32. The summed E-state index contributed by atoms with van der Waals surface area (Å²) in [7, 11) is 0. The highest BCUT2D eigenvalue weighted by molar-refractivity contribution is 5.98. The van der Waals surface area contributed by atoms with E-state index >= 15 is 0 Å². The summed E-state index contributed by atoms with van der Waals surface area (Å²) in [5, 5.41) is 0. The summed E-state index contributed by atoms with van der Waals surface area (Å²) in [6.07, 6.45) is 0. The molecule has 0 fully saturated rings. The Labute approximate surface area is 105 Å². The van der Waals surface area contributed by atoms with Crippen LogP contribution in [0.1, 0.15) is 6.92 Å². The number of benzene rings is 1. The molecule has 0 radical (unpaired) electrons. The molecule has 1 heterocycles. The first-order valence-electron chi connectivity index (χ1n) is 5.09. The number of carbonyl (C=O) groups excluding carboxylic acids is 1. The number of nitrogens with two attached hydrogens (primary N) is 1. The molecule has 17 heavy (non-hydrogen) atoms. The van der Waals surface area contributed by atoms with Crippen LogP contribution in [-0.4, -0.2) is 25.1 Å². The summed E-state index contributed by atoms with van der Waals surface area (Å²) in [6, 6.07) is 3.53. The number of anilines is 1. The van der Waals surface area contributed by atoms with Crippen LogP contribution >= 0.6 is 12.4 Å². The number of carbonyl (C=O) groups is 1. The summed E-state index contributed by atoms with van der Waals surface area (Å²) >= 11 is 0. The van der Waals surface area contributed by atoms with Crippen molar-refractivity contribution < 1.29 is 13.9 Å². The Morgan fingerprint density at radius 1 is 1.59 bits per heavy atom. The molecule has 1 atom stereocenters. The first-order valence-corrected chi connectivity index (χ1v) is 5.09. The average molecular weight is 261 g/mol. The van der Waals surface area contributed by atoms with E-state index in [2.05, 4.69) is 0 Å². The molecule has 0 unspecified atom stereocenters. The van der Waals surface area contributed by atoms with Gasteiger partial charge in [-0.1, -0.05) is 0 Å². The molecular weight excluding hydrogens is 247 g/mol. The van der Waals surface area contributed by atoms with Crippen molar-refractivity contribution in [2.24, 2.45) is 5.73 Å². The standard InChI is InChI=1S/C11H13FN2O2.ClH/c1-7(13)11(15)14-4-5-16-10-6-8(12)2-3-9(10)14;/h2-3,6-7H,4-5,13H2,1H3;1H/t7-;/m0./s1. The molecule has 0 aliphatic carbocycles. The van der Waals surface area contributed by atoms with Crippen molar-refractivity contribution in [3.63, 3.8) is 0 Å². The smallest absolute Gasteiger partial charge is 0.243 e. The maximum atomic E-state index is 13.0. The molecule has 4 nitrogen and oxygen atoms in total. The van der Waals surface area contributed by atoms with E-state index in [1.165, 1.54) is 23.1 Å². The van der Waals surface area contributed by atoms with Crippen molar-refractivity contribution in [1.29, 1.82) is 0 Å². The van der Waals surface area contributed by atoms with E-state index in [4.69, 9.17) is 10.5 Å². The second-order valence-electron chi connectivity index (χ2n) is 3.74. The van der Waals surface area contributed by atoms with Crippen LogP contribution in [0.4, 0.5) is 10.1 Å². The van der Waals surface area contributed by atoms with Crippen LogP contribution in [0, 0.1) is 5.82 Å². The monoisotopic (exact) mass is 260 g/mol. The Hall–Kier alpha value is -1.33. The second-order valence-corrected chi connectivity index (χ2v) is 3.74. The van der Waals surface area contributed by atoms with Gasteiger partial charge >= 0.3 is 0 Å². The molecule has 6 heteroatoms. The summed E-state index contributed by atoms with van der Waals surface area (Å²) in [6.45, 7) is 2.43. The number of halogens is 2. The van der Waals surface area contributed by atoms with Gasteiger partial charge in [-0.25, -0.2) is 4.39 Å². The minimum absolute atomic E-state index is 0. The van der Waals surface area contributed by atoms with Crippen molar-refractivity contribution in [3.05, 3.63) is 24.0 Å². The van der Waals surface area contributed by atoms with Gasteiger partial charge in [0, 0.05) is 6.07 Å². The van der Waals surface area contributed by atoms with Crippen LogP contribution < -0.4 is 15.4 Å². The molecule has 1 aliphatic heterocycles. The molecular formula is C11H14ClFN2O2. The molecule has 0 spiro atoms. The zero-order chi connectivity index (χ0) is 11.7. The van der Waals surface area contributed by atoms with Crippen molar-refractivity contribution >= 4 is 24.0 Å². The van der Waals surface area contributed by atoms with Crippen LogP contribution in [0.25, 0.3) is 0 Å². The van der Waals surface area contributed by atoms with E-state index < -0.39 is 6.04 Å². The van der Waals surface area contributed by atoms with Crippen molar-refractivity contribution in [2.75, 3.05) is 18.1 Å². The normalized spacial score (nSPS) is 15.4. The third-order valence-electron chi connectivity index (χ3n) is 2.44. The van der Waals surface area contributed by atoms with Gasteiger partial charge < -0.3 is 15.4 Å². The van der Waals surface area contributed by atoms with E-state index in [1.807, 2.05) is 0 Å². The SMILES string of the molecule is C[C@H](N)C(=O)N1CCOc2cc(F)ccc21.Cl. The van der Waals surface area contributed by atoms with Crippen molar-refractivity contribution in [1.82, 2.24) is 0 Å². The van der Waals surface area contributed by atoms with E-state index in [-0.39, 0.29) is 24.1 Å². The minimum Gasteiger partial charge on any atom is -0.489 e. The number of nitrogens with zero attached hydrogens (tertiary/aromatic N) is 1. The van der Waals surface area contributed by atoms with Gasteiger partial charge in [-0.3, -0.25) is 4.79 Å². The molecule has 0 saturated carbocycles. The van der Waals surface area contributed by atoms with Gasteiger partial charge in [-0.15, -0.1) is 12.4 Å². The van der Waals surface area contributed by atoms with Gasteiger partial charge in [-0.2, -0.15) is 0 Å². The summed E-state index contributed by atoms with van der Waals surface area (Å²) in [5.41, 5.74) is 6.13. The van der Waals surface area contributed by atoms with Gasteiger partial charge in [0.2, 0.25) is 5.91 Å². The molecule has 1 aromatic carbocycles. The largest absolute Gasteiger partial charge is 0.489 e. The topological polar surface area (TPSA) is 55.6 Å². The van der Waals surface area contributed by atoms with Crippen LogP contribution in [-0.2, 0) is 4.79 Å². The number of fused-ring (bicyclic) bond motifs is 1. The number of rotatable bonds is 1. The molecule has 1 aliphatic rings. The summed E-state index contributed by atoms with van der Waals surface area (Å²) in [5.74, 6) is -0.176. The molecule has 0 bridgehead atoms. The fourth-order valence-electron chi connectivity index (χ4n) is 1.67. The first kappa shape index (κ1) is 13.7. The van der Waals surface area contributed by atoms with Crippen molar-refractivity contribution in [3.8, 4) is 5.75 Å². The Kier molecular flexibility index (Phi) is 4.31. The summed E-state index contributed by atoms with van der Waals surface area (Å²) in [4.78, 5) is 13.3. The third kappa shape index (κ3) is 2.68. The molecule has 1 aromatic rings. The third-order valence-corrected chi connectivity index (χ3v) is 2.44. The van der Waals surface area contributed by atoms with Crippen LogP contribution in [0.15, 0.2) is 18.2 Å². The van der Waals surface area contributed by atoms with Crippen LogP contribution in [0.3, 0.4) is 0 Å². The molecule has 2 N–H and O–H groups in total. The summed E-state index contributed by atoms with van der Waals surface area (Å²) < 4.78 is 18.3. The molecule has 2 rings (SSSR count). The Morgan fingerprint density at radius 2 is 2.29 bits per heavy atom. The van der Waals surface area contributed by atoms with Gasteiger partial charge in [-0.05, 0) is 19.1 Å². The van der Waals surface area contributed by atoms with Gasteiger partial charge in [0.05, 0.1) is 18.3 Å². The highest BCUT2D eigenvalue weighted by Gasteiger charge is 2.25. The number of hydrogen-bond donors (Lipinski definition) is 1. The van der Waals surface area contributed by atoms with Gasteiger partial charge in [0.15, 0.2) is 0 Å². The van der Waals surface area contributed by atoms with Gasteiger partial charge in [0.1, 0.15) is 18.2 Å². The Morgan fingerprint density at radius 3 is 2.94 bits per heavy atom. The van der Waals surface area contributed by atoms with E-state index in [9.17, 15) is 9.18 Å². The lowest BCUT2D eigenvalue weighted by Gasteiger charge is -2.30. The van der Waals surface area contributed by atoms with Crippen LogP contribution in [0.2, 0.25) is 0 Å². The minimum atomic E-state index is -0.573. The lowest BCUT2D eigenvalue weighted by molar-refractivity contribution is -0.119. The van der Waals surface area contributed by atoms with Crippen LogP contribution in [0.5, 0.6) is 5.75 Å². The maximum Gasteiger partial charge on any atom is 0.243 e. The lowest BCUT2D eigenvalue weighted by Crippen LogP contribution is -2.45. The Bertz CT molecular complexity index is 426. The van der Waals surface area contributed by atoms with E-state index in [0.717, 1.165) is 0 Å². The molecule has 0 aromatic heterocycles. The zero-order valence-corrected chi connectivity index (χ0v) is 10.2. The van der Waals surface area contributed by atoms with E-state index in [0.29, 0.717) is 24.6 Å². The lowest BCUT2D eigenvalue weighted by atomic mass is 10.2. The number of amides is 1. The predicted octanol–water partition coefficient (Wildman–Crippen LogP) is 1.32. The average Bonchev–Trinajstić information content (AvgIpc) is 2.26. The fourth-order valence-corrected chi connectivity index (χ4v) is 1.67. The van der Waals surface area contributed by atoms with E-state index in [1.54, 1.807) is 6.92 Å². The van der Waals surface area contributed by atoms with Gasteiger partial charge in [0.25, 0.3) is 0 Å².